The molecule has 3 heterocycles. The van der Waals surface area contributed by atoms with Gasteiger partial charge in [-0.2, -0.15) is 0 Å². The summed E-state index contributed by atoms with van der Waals surface area (Å²) in [5, 5.41) is 16.1. The van der Waals surface area contributed by atoms with Gasteiger partial charge in [0.25, 0.3) is 0 Å². The normalized spacial score (nSPS) is 9.67. The molecule has 0 aromatic carbocycles. The van der Waals surface area contributed by atoms with Crippen molar-refractivity contribution < 1.29 is 0 Å². The smallest absolute Gasteiger partial charge is 0.221 e. The van der Waals surface area contributed by atoms with Crippen LogP contribution in [0.1, 0.15) is 19.4 Å². The van der Waals surface area contributed by atoms with Crippen LogP contribution in [0.2, 0.25) is 0 Å². The first kappa shape index (κ1) is 14.6. The summed E-state index contributed by atoms with van der Waals surface area (Å²) in [5.74, 6) is 0.802. The zero-order chi connectivity index (χ0) is 15.1. The van der Waals surface area contributed by atoms with Crippen molar-refractivity contribution in [2.75, 3.05) is 0 Å². The fourth-order valence-electron chi connectivity index (χ4n) is 1.53. The molecule has 3 rings (SSSR count). The van der Waals surface area contributed by atoms with E-state index in [0.29, 0.717) is 23.0 Å². The Morgan fingerprint density at radius 1 is 0.714 bits per heavy atom. The Morgan fingerprint density at radius 3 is 1.81 bits per heavy atom. The van der Waals surface area contributed by atoms with E-state index in [1.807, 2.05) is 51.1 Å². The third kappa shape index (κ3) is 3.62. The molecular formula is C15H16N6. The van der Waals surface area contributed by atoms with Gasteiger partial charge in [0.15, 0.2) is 0 Å². The standard InChI is InChI=1S/C13H10N6.C2H6/c1-9-5-6-11(15-8-9)13-18-16-12(17-19-13)10-4-2-3-7-14-10;1-2/h2-8H,1H3;1-2H3. The number of hydrogen-bond donors (Lipinski definition) is 0. The van der Waals surface area contributed by atoms with Crippen LogP contribution < -0.4 is 0 Å². The lowest BCUT2D eigenvalue weighted by Crippen LogP contribution is -2.01. The minimum Gasteiger partial charge on any atom is -0.253 e. The number of rotatable bonds is 2. The highest BCUT2D eigenvalue weighted by Gasteiger charge is 2.07. The molecule has 0 radical (unpaired) electrons. The number of pyridine rings is 2. The summed E-state index contributed by atoms with van der Waals surface area (Å²) in [6, 6.07) is 9.28. The van der Waals surface area contributed by atoms with E-state index in [-0.39, 0.29) is 0 Å². The third-order valence-corrected chi connectivity index (χ3v) is 2.51. The lowest BCUT2D eigenvalue weighted by Gasteiger charge is -1.99. The number of hydrogen-bond acceptors (Lipinski definition) is 6. The molecule has 3 aromatic heterocycles. The van der Waals surface area contributed by atoms with Gasteiger partial charge in [-0.15, -0.1) is 20.4 Å². The fraction of sp³-hybridized carbons (Fsp3) is 0.200. The van der Waals surface area contributed by atoms with Crippen LogP contribution in [0.25, 0.3) is 23.0 Å². The second-order valence-corrected chi connectivity index (χ2v) is 3.98. The summed E-state index contributed by atoms with van der Waals surface area (Å²) >= 11 is 0. The van der Waals surface area contributed by atoms with E-state index in [1.54, 1.807) is 12.4 Å². The van der Waals surface area contributed by atoms with Crippen molar-refractivity contribution in [1.29, 1.82) is 0 Å². The fourth-order valence-corrected chi connectivity index (χ4v) is 1.53. The summed E-state index contributed by atoms with van der Waals surface area (Å²) in [6.45, 7) is 5.97. The van der Waals surface area contributed by atoms with Crippen molar-refractivity contribution in [3.05, 3.63) is 48.3 Å². The molecule has 0 aliphatic rings. The number of aromatic nitrogens is 6. The number of aryl methyl sites for hydroxylation is 1. The molecule has 0 spiro atoms. The Hall–Kier alpha value is -2.76. The molecular weight excluding hydrogens is 264 g/mol. The van der Waals surface area contributed by atoms with Gasteiger partial charge in [0.2, 0.25) is 11.6 Å². The van der Waals surface area contributed by atoms with Crippen molar-refractivity contribution in [3.63, 3.8) is 0 Å². The van der Waals surface area contributed by atoms with Gasteiger partial charge in [0, 0.05) is 12.4 Å². The predicted molar refractivity (Wildman–Crippen MR) is 80.2 cm³/mol. The van der Waals surface area contributed by atoms with Crippen molar-refractivity contribution in [2.45, 2.75) is 20.8 Å². The molecule has 0 saturated carbocycles. The molecule has 0 aliphatic heterocycles. The summed E-state index contributed by atoms with van der Waals surface area (Å²) in [7, 11) is 0. The van der Waals surface area contributed by atoms with Gasteiger partial charge >= 0.3 is 0 Å². The predicted octanol–water partition coefficient (Wildman–Crippen LogP) is 2.73. The highest BCUT2D eigenvalue weighted by Crippen LogP contribution is 2.12. The maximum atomic E-state index is 4.23. The molecule has 0 unspecified atom stereocenters. The monoisotopic (exact) mass is 280 g/mol. The van der Waals surface area contributed by atoms with Crippen LogP contribution in [0.5, 0.6) is 0 Å². The van der Waals surface area contributed by atoms with Gasteiger partial charge in [0.1, 0.15) is 11.4 Å². The SMILES string of the molecule is CC.Cc1ccc(-c2nnc(-c3ccccn3)nn2)nc1. The van der Waals surface area contributed by atoms with Crippen LogP contribution in [-0.4, -0.2) is 30.4 Å². The molecule has 6 heteroatoms. The summed E-state index contributed by atoms with van der Waals surface area (Å²) in [4.78, 5) is 8.37. The van der Waals surface area contributed by atoms with Crippen LogP contribution in [0, 0.1) is 6.92 Å². The Balaban J connectivity index is 0.000000774. The lowest BCUT2D eigenvalue weighted by atomic mass is 10.3. The van der Waals surface area contributed by atoms with Crippen LogP contribution in [-0.2, 0) is 0 Å². The summed E-state index contributed by atoms with van der Waals surface area (Å²) in [6.07, 6.45) is 3.43. The van der Waals surface area contributed by atoms with Crippen molar-refractivity contribution in [2.24, 2.45) is 0 Å². The van der Waals surface area contributed by atoms with Gasteiger partial charge in [-0.1, -0.05) is 26.0 Å². The summed E-state index contributed by atoms with van der Waals surface area (Å²) in [5.41, 5.74) is 2.37. The van der Waals surface area contributed by atoms with Gasteiger partial charge in [-0.25, -0.2) is 0 Å². The molecule has 0 aliphatic carbocycles. The minimum atomic E-state index is 0.400. The Morgan fingerprint density at radius 2 is 1.33 bits per heavy atom. The second kappa shape index (κ2) is 7.14. The van der Waals surface area contributed by atoms with E-state index < -0.39 is 0 Å². The molecule has 106 valence electrons. The number of nitrogens with zero attached hydrogens (tertiary/aromatic N) is 6. The van der Waals surface area contributed by atoms with Crippen molar-refractivity contribution in [1.82, 2.24) is 30.4 Å². The Bertz CT molecular complexity index is 665. The van der Waals surface area contributed by atoms with Crippen LogP contribution in [0.3, 0.4) is 0 Å². The molecule has 0 atom stereocenters. The first-order valence-electron chi connectivity index (χ1n) is 6.75. The third-order valence-electron chi connectivity index (χ3n) is 2.51. The van der Waals surface area contributed by atoms with E-state index in [0.717, 1.165) is 5.56 Å². The van der Waals surface area contributed by atoms with Gasteiger partial charge in [0.05, 0.1) is 0 Å². The van der Waals surface area contributed by atoms with E-state index in [4.69, 9.17) is 0 Å². The first-order chi connectivity index (χ1) is 10.3. The second-order valence-electron chi connectivity index (χ2n) is 3.98. The van der Waals surface area contributed by atoms with Crippen LogP contribution in [0.15, 0.2) is 42.7 Å². The van der Waals surface area contributed by atoms with E-state index >= 15 is 0 Å². The molecule has 21 heavy (non-hydrogen) atoms. The van der Waals surface area contributed by atoms with Crippen LogP contribution >= 0.6 is 0 Å². The molecule has 0 amide bonds. The van der Waals surface area contributed by atoms with Gasteiger partial charge in [-0.05, 0) is 30.7 Å². The van der Waals surface area contributed by atoms with E-state index in [1.165, 1.54) is 0 Å². The van der Waals surface area contributed by atoms with E-state index in [9.17, 15) is 0 Å². The van der Waals surface area contributed by atoms with Crippen molar-refractivity contribution in [3.8, 4) is 23.0 Å². The summed E-state index contributed by atoms with van der Waals surface area (Å²) < 4.78 is 0. The van der Waals surface area contributed by atoms with Crippen molar-refractivity contribution >= 4 is 0 Å². The maximum absolute atomic E-state index is 4.23. The van der Waals surface area contributed by atoms with Gasteiger partial charge < -0.3 is 0 Å². The molecule has 0 fully saturated rings. The average molecular weight is 280 g/mol. The van der Waals surface area contributed by atoms with E-state index in [2.05, 4.69) is 30.4 Å². The van der Waals surface area contributed by atoms with Gasteiger partial charge in [-0.3, -0.25) is 9.97 Å². The lowest BCUT2D eigenvalue weighted by molar-refractivity contribution is 0.865. The molecule has 0 bridgehead atoms. The highest BCUT2D eigenvalue weighted by atomic mass is 15.3. The molecule has 0 saturated heterocycles. The zero-order valence-electron chi connectivity index (χ0n) is 12.2. The molecule has 3 aromatic rings. The first-order valence-corrected chi connectivity index (χ1v) is 6.75. The van der Waals surface area contributed by atoms with Crippen LogP contribution in [0.4, 0.5) is 0 Å². The Labute approximate surface area is 123 Å². The quantitative estimate of drug-likeness (QED) is 0.718. The molecule has 0 N–H and O–H groups in total. The largest absolute Gasteiger partial charge is 0.253 e. The topological polar surface area (TPSA) is 77.3 Å². The maximum Gasteiger partial charge on any atom is 0.221 e. The highest BCUT2D eigenvalue weighted by molar-refractivity contribution is 5.50. The minimum absolute atomic E-state index is 0.400. The average Bonchev–Trinajstić information content (AvgIpc) is 2.58. The zero-order valence-corrected chi connectivity index (χ0v) is 12.2. The molecule has 6 nitrogen and oxygen atoms in total. The Kier molecular flexibility index (Phi) is 4.98.